The number of aromatic nitrogens is 3. The molecule has 0 bridgehead atoms. The van der Waals surface area contributed by atoms with Crippen LogP contribution in [0.4, 0.5) is 5.82 Å². The third-order valence-electron chi connectivity index (χ3n) is 6.97. The van der Waals surface area contributed by atoms with Crippen molar-refractivity contribution in [2.75, 3.05) is 44.2 Å². The average Bonchev–Trinajstić information content (AvgIpc) is 3.21. The lowest BCUT2D eigenvalue weighted by Crippen LogP contribution is -2.54. The van der Waals surface area contributed by atoms with E-state index in [0.717, 1.165) is 53.1 Å². The molecule has 2 aromatic heterocycles. The number of anilines is 1. The van der Waals surface area contributed by atoms with Gasteiger partial charge in [-0.2, -0.15) is 0 Å². The molecule has 3 atom stereocenters. The van der Waals surface area contributed by atoms with Crippen molar-refractivity contribution in [3.05, 3.63) is 51.8 Å². The molecule has 0 radical (unpaired) electrons. The van der Waals surface area contributed by atoms with E-state index in [-0.39, 0.29) is 11.9 Å². The van der Waals surface area contributed by atoms with Crippen LogP contribution in [0, 0.1) is 11.8 Å². The molecular formula is C25H30BrClN6O. The van der Waals surface area contributed by atoms with Crippen molar-refractivity contribution in [2.45, 2.75) is 26.3 Å². The van der Waals surface area contributed by atoms with E-state index in [2.05, 4.69) is 54.5 Å². The molecule has 180 valence electrons. The topological polar surface area (TPSA) is 68.4 Å². The maximum atomic E-state index is 14.0. The smallest absolute Gasteiger partial charge is 0.244 e. The Balaban J connectivity index is 1.36. The fourth-order valence-corrected chi connectivity index (χ4v) is 6.14. The first kappa shape index (κ1) is 23.6. The summed E-state index contributed by atoms with van der Waals surface area (Å²) in [6, 6.07) is 7.51. The van der Waals surface area contributed by atoms with Crippen LogP contribution in [0.15, 0.2) is 41.3 Å². The third-order valence-corrected chi connectivity index (χ3v) is 7.85. The third kappa shape index (κ3) is 4.68. The number of fused-ring (bicyclic) bond motifs is 1. The molecule has 1 N–H and O–H groups in total. The number of likely N-dealkylation sites (tertiary alicyclic amines) is 1. The van der Waals surface area contributed by atoms with E-state index < -0.39 is 0 Å². The van der Waals surface area contributed by atoms with Gasteiger partial charge in [-0.1, -0.05) is 37.6 Å². The molecule has 0 spiro atoms. The molecule has 2 aliphatic rings. The van der Waals surface area contributed by atoms with E-state index in [0.29, 0.717) is 29.9 Å². The SMILES string of the molecule is CC1CC(C)CN(C(C(=O)N2CCN(c3ncnc4[nH]cc(Br)c34)CC2)c2ccc(Cl)cc2)C1. The van der Waals surface area contributed by atoms with Crippen LogP contribution in [0.3, 0.4) is 0 Å². The highest BCUT2D eigenvalue weighted by Gasteiger charge is 2.36. The average molecular weight is 546 g/mol. The first-order valence-electron chi connectivity index (χ1n) is 11.9. The number of benzene rings is 1. The van der Waals surface area contributed by atoms with Gasteiger partial charge in [0.05, 0.1) is 5.39 Å². The molecule has 9 heteroatoms. The molecule has 4 heterocycles. The number of rotatable bonds is 4. The minimum absolute atomic E-state index is 0.180. The second-order valence-electron chi connectivity index (χ2n) is 9.72. The van der Waals surface area contributed by atoms with Crippen LogP contribution in [-0.2, 0) is 4.79 Å². The Morgan fingerprint density at radius 3 is 2.44 bits per heavy atom. The number of carbonyl (C=O) groups is 1. The second-order valence-corrected chi connectivity index (χ2v) is 11.0. The number of nitrogens with one attached hydrogen (secondary N) is 1. The van der Waals surface area contributed by atoms with Crippen molar-refractivity contribution >= 4 is 50.3 Å². The maximum absolute atomic E-state index is 14.0. The van der Waals surface area contributed by atoms with Crippen LogP contribution in [0.1, 0.15) is 31.9 Å². The number of piperidine rings is 1. The largest absolute Gasteiger partial charge is 0.352 e. The van der Waals surface area contributed by atoms with Crippen molar-refractivity contribution in [1.82, 2.24) is 24.8 Å². The van der Waals surface area contributed by atoms with Gasteiger partial charge in [-0.05, 0) is 51.9 Å². The molecule has 3 unspecified atom stereocenters. The zero-order chi connectivity index (χ0) is 23.8. The van der Waals surface area contributed by atoms with Gasteiger partial charge >= 0.3 is 0 Å². The van der Waals surface area contributed by atoms with Crippen LogP contribution in [0.2, 0.25) is 5.02 Å². The Morgan fingerprint density at radius 2 is 1.76 bits per heavy atom. The summed E-state index contributed by atoms with van der Waals surface area (Å²) in [5.41, 5.74) is 1.83. The molecule has 1 amide bonds. The Morgan fingerprint density at radius 1 is 1.09 bits per heavy atom. The number of hydrogen-bond donors (Lipinski definition) is 1. The summed E-state index contributed by atoms with van der Waals surface area (Å²) in [7, 11) is 0. The Kier molecular flexibility index (Phi) is 6.82. The van der Waals surface area contributed by atoms with Crippen LogP contribution >= 0.6 is 27.5 Å². The minimum Gasteiger partial charge on any atom is -0.352 e. The predicted octanol–water partition coefficient (Wildman–Crippen LogP) is 4.74. The van der Waals surface area contributed by atoms with Crippen molar-refractivity contribution in [3.8, 4) is 0 Å². The highest BCUT2D eigenvalue weighted by Crippen LogP contribution is 2.33. The standard InChI is InChI=1S/C25H30BrClN6O/c1-16-11-17(2)14-33(13-16)22(18-3-5-19(27)6-4-18)25(34)32-9-7-31(8-10-32)24-21-20(26)12-28-23(21)29-15-30-24/h3-6,12,15-17,22H,7-11,13-14H2,1-2H3,(H,28,29,30). The minimum atomic E-state index is -0.279. The maximum Gasteiger partial charge on any atom is 0.244 e. The number of carbonyl (C=O) groups excluding carboxylic acids is 1. The van der Waals surface area contributed by atoms with Gasteiger partial charge < -0.3 is 14.8 Å². The van der Waals surface area contributed by atoms with Crippen molar-refractivity contribution < 1.29 is 4.79 Å². The lowest BCUT2D eigenvalue weighted by atomic mass is 9.89. The Labute approximate surface area is 213 Å². The van der Waals surface area contributed by atoms with Gasteiger partial charge in [-0.3, -0.25) is 9.69 Å². The van der Waals surface area contributed by atoms with Crippen molar-refractivity contribution in [2.24, 2.45) is 11.8 Å². The van der Waals surface area contributed by atoms with Gasteiger partial charge in [0, 0.05) is 55.0 Å². The van der Waals surface area contributed by atoms with E-state index in [1.54, 1.807) is 6.33 Å². The first-order chi connectivity index (χ1) is 16.4. The fourth-order valence-electron chi connectivity index (χ4n) is 5.54. The lowest BCUT2D eigenvalue weighted by Gasteiger charge is -2.43. The van der Waals surface area contributed by atoms with Crippen LogP contribution in [-0.4, -0.2) is 69.9 Å². The van der Waals surface area contributed by atoms with Gasteiger partial charge in [-0.15, -0.1) is 0 Å². The van der Waals surface area contributed by atoms with Gasteiger partial charge in [0.25, 0.3) is 0 Å². The molecule has 2 aliphatic heterocycles. The number of amides is 1. The van der Waals surface area contributed by atoms with E-state index in [1.165, 1.54) is 6.42 Å². The Bertz CT molecular complexity index is 1150. The van der Waals surface area contributed by atoms with Crippen LogP contribution < -0.4 is 4.90 Å². The lowest BCUT2D eigenvalue weighted by molar-refractivity contribution is -0.138. The van der Waals surface area contributed by atoms with E-state index in [1.807, 2.05) is 35.4 Å². The summed E-state index contributed by atoms with van der Waals surface area (Å²) in [5, 5.41) is 1.67. The number of halogens is 2. The normalized spacial score (nSPS) is 22.8. The molecule has 5 rings (SSSR count). The first-order valence-corrected chi connectivity index (χ1v) is 13.1. The number of nitrogens with zero attached hydrogens (tertiary/aromatic N) is 5. The second kappa shape index (κ2) is 9.84. The summed E-state index contributed by atoms with van der Waals surface area (Å²) in [6.45, 7) is 9.22. The Hall–Kier alpha value is -2.16. The molecule has 0 saturated carbocycles. The number of piperazine rings is 1. The number of aromatic amines is 1. The van der Waals surface area contributed by atoms with Gasteiger partial charge in [0.2, 0.25) is 5.91 Å². The summed E-state index contributed by atoms with van der Waals surface area (Å²) >= 11 is 9.77. The van der Waals surface area contributed by atoms with Gasteiger partial charge in [0.15, 0.2) is 0 Å². The summed E-state index contributed by atoms with van der Waals surface area (Å²) in [5.74, 6) is 2.23. The predicted molar refractivity (Wildman–Crippen MR) is 139 cm³/mol. The molecule has 7 nitrogen and oxygen atoms in total. The molecule has 2 saturated heterocycles. The van der Waals surface area contributed by atoms with E-state index in [4.69, 9.17) is 11.6 Å². The quantitative estimate of drug-likeness (QED) is 0.513. The van der Waals surface area contributed by atoms with Crippen molar-refractivity contribution in [3.63, 3.8) is 0 Å². The van der Waals surface area contributed by atoms with Crippen molar-refractivity contribution in [1.29, 1.82) is 0 Å². The summed E-state index contributed by atoms with van der Waals surface area (Å²) < 4.78 is 0.952. The van der Waals surface area contributed by atoms with E-state index in [9.17, 15) is 4.79 Å². The molecule has 2 fully saturated rings. The molecule has 3 aromatic rings. The highest BCUT2D eigenvalue weighted by atomic mass is 79.9. The fraction of sp³-hybridized carbons (Fsp3) is 0.480. The molecule has 1 aromatic carbocycles. The summed E-state index contributed by atoms with van der Waals surface area (Å²) in [6.07, 6.45) is 4.69. The zero-order valence-electron chi connectivity index (χ0n) is 19.5. The van der Waals surface area contributed by atoms with E-state index >= 15 is 0 Å². The monoisotopic (exact) mass is 544 g/mol. The number of hydrogen-bond acceptors (Lipinski definition) is 5. The molecule has 0 aliphatic carbocycles. The summed E-state index contributed by atoms with van der Waals surface area (Å²) in [4.78, 5) is 32.6. The van der Waals surface area contributed by atoms with Gasteiger partial charge in [0.1, 0.15) is 23.8 Å². The zero-order valence-corrected chi connectivity index (χ0v) is 21.9. The number of H-pyrrole nitrogens is 1. The highest BCUT2D eigenvalue weighted by molar-refractivity contribution is 9.10. The molecule has 34 heavy (non-hydrogen) atoms. The van der Waals surface area contributed by atoms with Gasteiger partial charge in [-0.25, -0.2) is 9.97 Å². The van der Waals surface area contributed by atoms with Crippen LogP contribution in [0.25, 0.3) is 11.0 Å². The van der Waals surface area contributed by atoms with Crippen LogP contribution in [0.5, 0.6) is 0 Å². The molecular weight excluding hydrogens is 516 g/mol.